The standard InChI is InChI=1S/C22H23N3O6S2/c26-22(24-18-8-10-20(11-9-18)33(29,30)25-12-1-2-13-25)17-5-3-7-21(15-17)32(27,28)23-16-19-6-4-14-31-19/h3-11,14-15,23H,1-2,12-13,16H2,(H,24,26). The molecule has 1 aliphatic rings. The van der Waals surface area contributed by atoms with Crippen LogP contribution in [0.25, 0.3) is 0 Å². The number of hydrogen-bond donors (Lipinski definition) is 2. The summed E-state index contributed by atoms with van der Waals surface area (Å²) in [7, 11) is -7.40. The minimum Gasteiger partial charge on any atom is -0.468 e. The van der Waals surface area contributed by atoms with Gasteiger partial charge in [-0.1, -0.05) is 6.07 Å². The summed E-state index contributed by atoms with van der Waals surface area (Å²) in [6, 6.07) is 14.8. The Balaban J connectivity index is 1.44. The number of hydrogen-bond acceptors (Lipinski definition) is 6. The van der Waals surface area contributed by atoms with Crippen LogP contribution in [0.2, 0.25) is 0 Å². The lowest BCUT2D eigenvalue weighted by Crippen LogP contribution is -2.27. The van der Waals surface area contributed by atoms with Gasteiger partial charge in [0.05, 0.1) is 22.6 Å². The third kappa shape index (κ3) is 5.33. The fraction of sp³-hybridized carbons (Fsp3) is 0.227. The van der Waals surface area contributed by atoms with Gasteiger partial charge in [-0.2, -0.15) is 4.31 Å². The topological polar surface area (TPSA) is 126 Å². The van der Waals surface area contributed by atoms with Gasteiger partial charge in [0.2, 0.25) is 20.0 Å². The Morgan fingerprint density at radius 1 is 0.909 bits per heavy atom. The molecule has 0 spiro atoms. The maximum absolute atomic E-state index is 12.7. The van der Waals surface area contributed by atoms with Crippen molar-refractivity contribution in [3.05, 3.63) is 78.3 Å². The molecule has 0 unspecified atom stereocenters. The van der Waals surface area contributed by atoms with Crippen molar-refractivity contribution in [2.75, 3.05) is 18.4 Å². The molecule has 9 nitrogen and oxygen atoms in total. The molecule has 0 bridgehead atoms. The quantitative estimate of drug-likeness (QED) is 0.501. The van der Waals surface area contributed by atoms with Crippen LogP contribution in [0, 0.1) is 0 Å². The molecule has 1 aromatic heterocycles. The Labute approximate surface area is 192 Å². The second-order valence-corrected chi connectivity index (χ2v) is 11.2. The summed E-state index contributed by atoms with van der Waals surface area (Å²) in [4.78, 5) is 12.8. The van der Waals surface area contributed by atoms with Gasteiger partial charge in [-0.05, 0) is 67.4 Å². The Bertz CT molecular complexity index is 1330. The molecule has 0 saturated carbocycles. The monoisotopic (exact) mass is 489 g/mol. The highest BCUT2D eigenvalue weighted by Gasteiger charge is 2.27. The van der Waals surface area contributed by atoms with E-state index in [0.717, 1.165) is 12.8 Å². The van der Waals surface area contributed by atoms with E-state index < -0.39 is 26.0 Å². The van der Waals surface area contributed by atoms with Crippen molar-refractivity contribution < 1.29 is 26.0 Å². The molecular weight excluding hydrogens is 466 g/mol. The number of furan rings is 1. The zero-order valence-electron chi connectivity index (χ0n) is 17.6. The van der Waals surface area contributed by atoms with Crippen LogP contribution in [0.15, 0.2) is 81.1 Å². The Kier molecular flexibility index (Phi) is 6.66. The van der Waals surface area contributed by atoms with Crippen molar-refractivity contribution in [2.45, 2.75) is 29.2 Å². The molecule has 4 rings (SSSR count). The average Bonchev–Trinajstić information content (AvgIpc) is 3.53. The molecule has 2 N–H and O–H groups in total. The highest BCUT2D eigenvalue weighted by Crippen LogP contribution is 2.22. The molecule has 2 aromatic carbocycles. The molecule has 0 atom stereocenters. The van der Waals surface area contributed by atoms with E-state index in [4.69, 9.17) is 4.42 Å². The van der Waals surface area contributed by atoms with Crippen LogP contribution in [0.5, 0.6) is 0 Å². The van der Waals surface area contributed by atoms with Gasteiger partial charge < -0.3 is 9.73 Å². The number of sulfonamides is 2. The third-order valence-corrected chi connectivity index (χ3v) is 8.55. The van der Waals surface area contributed by atoms with Crippen molar-refractivity contribution in [2.24, 2.45) is 0 Å². The van der Waals surface area contributed by atoms with Gasteiger partial charge in [-0.3, -0.25) is 4.79 Å². The lowest BCUT2D eigenvalue weighted by Gasteiger charge is -2.15. The number of nitrogens with one attached hydrogen (secondary N) is 2. The lowest BCUT2D eigenvalue weighted by molar-refractivity contribution is 0.102. The van der Waals surface area contributed by atoms with E-state index in [1.54, 1.807) is 12.1 Å². The summed E-state index contributed by atoms with van der Waals surface area (Å²) in [6.07, 6.45) is 3.14. The van der Waals surface area contributed by atoms with E-state index in [0.29, 0.717) is 24.5 Å². The third-order valence-electron chi connectivity index (χ3n) is 5.24. The highest BCUT2D eigenvalue weighted by atomic mass is 32.2. The van der Waals surface area contributed by atoms with Crippen LogP contribution >= 0.6 is 0 Å². The Morgan fingerprint density at radius 2 is 1.64 bits per heavy atom. The molecule has 33 heavy (non-hydrogen) atoms. The van der Waals surface area contributed by atoms with E-state index in [-0.39, 0.29) is 21.9 Å². The minimum absolute atomic E-state index is 0.0154. The first-order valence-electron chi connectivity index (χ1n) is 10.3. The molecule has 11 heteroatoms. The minimum atomic E-state index is -3.86. The van der Waals surface area contributed by atoms with Gasteiger partial charge in [0.1, 0.15) is 5.76 Å². The maximum Gasteiger partial charge on any atom is 0.255 e. The fourth-order valence-corrected chi connectivity index (χ4v) is 6.01. The van der Waals surface area contributed by atoms with Crippen LogP contribution in [-0.2, 0) is 26.6 Å². The first-order chi connectivity index (χ1) is 15.8. The van der Waals surface area contributed by atoms with E-state index in [1.165, 1.54) is 59.1 Å². The molecule has 1 amide bonds. The number of nitrogens with zero attached hydrogens (tertiary/aromatic N) is 1. The van der Waals surface area contributed by atoms with Gasteiger partial charge in [-0.15, -0.1) is 0 Å². The number of anilines is 1. The highest BCUT2D eigenvalue weighted by molar-refractivity contribution is 7.89. The van der Waals surface area contributed by atoms with Crippen molar-refractivity contribution in [1.29, 1.82) is 0 Å². The van der Waals surface area contributed by atoms with E-state index >= 15 is 0 Å². The van der Waals surface area contributed by atoms with Crippen LogP contribution in [0.3, 0.4) is 0 Å². The van der Waals surface area contributed by atoms with Crippen LogP contribution in [-0.4, -0.2) is 40.1 Å². The van der Waals surface area contributed by atoms with Gasteiger partial charge >= 0.3 is 0 Å². The van der Waals surface area contributed by atoms with Crippen LogP contribution in [0.1, 0.15) is 29.0 Å². The molecule has 3 aromatic rings. The first-order valence-corrected chi connectivity index (χ1v) is 13.2. The van der Waals surface area contributed by atoms with Gasteiger partial charge in [-0.25, -0.2) is 21.6 Å². The zero-order valence-corrected chi connectivity index (χ0v) is 19.2. The van der Waals surface area contributed by atoms with E-state index in [1.807, 2.05) is 0 Å². The van der Waals surface area contributed by atoms with Crippen molar-refractivity contribution in [3.63, 3.8) is 0 Å². The maximum atomic E-state index is 12.7. The summed E-state index contributed by atoms with van der Waals surface area (Å²) in [5, 5.41) is 2.66. The molecule has 0 radical (unpaired) electrons. The second-order valence-electron chi connectivity index (χ2n) is 7.52. The molecule has 1 fully saturated rings. The molecule has 0 aliphatic carbocycles. The van der Waals surface area contributed by atoms with Crippen LogP contribution in [0.4, 0.5) is 5.69 Å². The Hall–Kier alpha value is -2.99. The predicted molar refractivity (Wildman–Crippen MR) is 122 cm³/mol. The summed E-state index contributed by atoms with van der Waals surface area (Å²) in [5.41, 5.74) is 0.536. The van der Waals surface area contributed by atoms with Crippen molar-refractivity contribution in [3.8, 4) is 0 Å². The number of benzene rings is 2. The average molecular weight is 490 g/mol. The number of carbonyl (C=O) groups excluding carboxylic acids is 1. The molecular formula is C22H23N3O6S2. The van der Waals surface area contributed by atoms with Crippen molar-refractivity contribution in [1.82, 2.24) is 9.03 Å². The molecule has 1 saturated heterocycles. The summed E-state index contributed by atoms with van der Waals surface area (Å²) in [6.45, 7) is 1.01. The van der Waals surface area contributed by atoms with Crippen molar-refractivity contribution >= 4 is 31.6 Å². The van der Waals surface area contributed by atoms with Crippen LogP contribution < -0.4 is 10.0 Å². The summed E-state index contributed by atoms with van der Waals surface area (Å²) >= 11 is 0. The van der Waals surface area contributed by atoms with E-state index in [2.05, 4.69) is 10.0 Å². The largest absolute Gasteiger partial charge is 0.468 e. The molecule has 174 valence electrons. The van der Waals surface area contributed by atoms with Gasteiger partial charge in [0.25, 0.3) is 5.91 Å². The number of rotatable bonds is 8. The normalized spacial score (nSPS) is 14.9. The van der Waals surface area contributed by atoms with Gasteiger partial charge in [0.15, 0.2) is 0 Å². The number of amides is 1. The summed E-state index contributed by atoms with van der Waals surface area (Å²) < 4.78 is 59.3. The molecule has 2 heterocycles. The fourth-order valence-electron chi connectivity index (χ4n) is 3.46. The summed E-state index contributed by atoms with van der Waals surface area (Å²) in [5.74, 6) is -0.0594. The second kappa shape index (κ2) is 9.48. The molecule has 1 aliphatic heterocycles. The zero-order chi connectivity index (χ0) is 23.5. The predicted octanol–water partition coefficient (Wildman–Crippen LogP) is 2.79. The lowest BCUT2D eigenvalue weighted by atomic mass is 10.2. The first kappa shape index (κ1) is 23.2. The Morgan fingerprint density at radius 3 is 2.30 bits per heavy atom. The van der Waals surface area contributed by atoms with Gasteiger partial charge in [0, 0.05) is 24.3 Å². The van der Waals surface area contributed by atoms with E-state index in [9.17, 15) is 21.6 Å². The SMILES string of the molecule is O=C(Nc1ccc(S(=O)(=O)N2CCCC2)cc1)c1cccc(S(=O)(=O)NCc2ccco2)c1. The number of carbonyl (C=O) groups is 1. The smallest absolute Gasteiger partial charge is 0.255 e.